The van der Waals surface area contributed by atoms with Gasteiger partial charge in [0.05, 0.1) is 26.9 Å². The van der Waals surface area contributed by atoms with Gasteiger partial charge in [-0.15, -0.1) is 0 Å². The van der Waals surface area contributed by atoms with Crippen LogP contribution in [0.4, 0.5) is 0 Å². The number of methoxy groups -OCH3 is 2. The highest BCUT2D eigenvalue weighted by molar-refractivity contribution is 7.18. The molecule has 0 aliphatic carbocycles. The molecule has 0 bridgehead atoms. The van der Waals surface area contributed by atoms with E-state index in [0.717, 1.165) is 28.2 Å². The molecular weight excluding hydrogens is 479 g/mol. The van der Waals surface area contributed by atoms with Crippen molar-refractivity contribution in [3.8, 4) is 11.5 Å². The molecule has 0 radical (unpaired) electrons. The second kappa shape index (κ2) is 12.4. The SMILES string of the molecule is C=C(NC)/C(C)=C\N(C=O)C1CC(O)C(COC(P)(c2ccc(OC)cc2)c2ccc(OC)cc2)O1. The molecule has 1 heterocycles. The highest BCUT2D eigenvalue weighted by Gasteiger charge is 2.39. The van der Waals surface area contributed by atoms with E-state index in [4.69, 9.17) is 18.9 Å². The number of benzene rings is 2. The second-order valence-corrected chi connectivity index (χ2v) is 9.34. The van der Waals surface area contributed by atoms with E-state index in [0.29, 0.717) is 12.1 Å². The van der Waals surface area contributed by atoms with Crippen LogP contribution in [-0.2, 0) is 19.6 Å². The number of aliphatic hydroxyl groups excluding tert-OH is 1. The molecule has 4 unspecified atom stereocenters. The molecule has 1 aliphatic heterocycles. The molecule has 1 aliphatic rings. The minimum atomic E-state index is -0.926. The van der Waals surface area contributed by atoms with Crippen LogP contribution in [0.3, 0.4) is 0 Å². The molecule has 2 aromatic carbocycles. The Morgan fingerprint density at radius 2 is 1.69 bits per heavy atom. The Balaban J connectivity index is 1.81. The molecule has 9 heteroatoms. The van der Waals surface area contributed by atoms with Crippen molar-refractivity contribution in [1.29, 1.82) is 0 Å². The summed E-state index contributed by atoms with van der Waals surface area (Å²) in [7, 11) is 7.78. The third-order valence-corrected chi connectivity index (χ3v) is 7.13. The van der Waals surface area contributed by atoms with E-state index in [1.54, 1.807) is 27.5 Å². The van der Waals surface area contributed by atoms with Gasteiger partial charge >= 0.3 is 0 Å². The first-order valence-electron chi connectivity index (χ1n) is 11.6. The van der Waals surface area contributed by atoms with Gasteiger partial charge in [0.1, 0.15) is 29.2 Å². The number of nitrogens with zero attached hydrogens (tertiary/aromatic N) is 1. The molecule has 4 atom stereocenters. The minimum Gasteiger partial charge on any atom is -0.497 e. The summed E-state index contributed by atoms with van der Waals surface area (Å²) in [5.41, 5.74) is 3.22. The number of rotatable bonds is 12. The first kappa shape index (κ1) is 27.7. The van der Waals surface area contributed by atoms with Crippen LogP contribution in [0.25, 0.3) is 0 Å². The monoisotopic (exact) mass is 514 g/mol. The molecule has 1 amide bonds. The van der Waals surface area contributed by atoms with Crippen LogP contribution in [0.1, 0.15) is 24.5 Å². The number of hydrogen-bond acceptors (Lipinski definition) is 7. The van der Waals surface area contributed by atoms with Crippen LogP contribution in [0.2, 0.25) is 0 Å². The number of amides is 1. The van der Waals surface area contributed by atoms with Crippen molar-refractivity contribution in [1.82, 2.24) is 10.2 Å². The molecule has 2 aromatic rings. The number of aliphatic hydroxyl groups is 1. The lowest BCUT2D eigenvalue weighted by atomic mass is 10.00. The Morgan fingerprint density at radius 1 is 1.17 bits per heavy atom. The summed E-state index contributed by atoms with van der Waals surface area (Å²) in [5, 5.41) is 12.8. The van der Waals surface area contributed by atoms with Gasteiger partial charge in [0.15, 0.2) is 0 Å². The Bertz CT molecular complexity index is 1010. The highest BCUT2D eigenvalue weighted by atomic mass is 31.0. The Morgan fingerprint density at radius 3 is 2.14 bits per heavy atom. The number of carbonyl (C=O) groups excluding carboxylic acids is 1. The summed E-state index contributed by atoms with van der Waals surface area (Å²) < 4.78 is 23.1. The van der Waals surface area contributed by atoms with Crippen LogP contribution in [0.15, 0.2) is 72.6 Å². The van der Waals surface area contributed by atoms with Gasteiger partial charge in [-0.3, -0.25) is 9.69 Å². The molecule has 8 nitrogen and oxygen atoms in total. The lowest BCUT2D eigenvalue weighted by Crippen LogP contribution is -2.34. The standard InChI is InChI=1S/C27H35N2O6P/c1-18(19(2)28-3)15-29(17-30)26-14-24(31)25(35-26)16-34-27(36,20-6-10-22(32-4)11-7-20)21-8-12-23(33-5)13-9-21/h6-13,15,17,24-26,28,31H,2,14,16,36H2,1,3-5H3/b18-15-. The van der Waals surface area contributed by atoms with Gasteiger partial charge in [-0.2, -0.15) is 0 Å². The van der Waals surface area contributed by atoms with Gasteiger partial charge in [0.2, 0.25) is 6.41 Å². The van der Waals surface area contributed by atoms with Gasteiger partial charge in [0.25, 0.3) is 0 Å². The average molecular weight is 515 g/mol. The van der Waals surface area contributed by atoms with Crippen LogP contribution in [0, 0.1) is 0 Å². The molecular formula is C27H35N2O6P. The summed E-state index contributed by atoms with van der Waals surface area (Å²) in [4.78, 5) is 13.2. The fraction of sp³-hybridized carbons (Fsp3) is 0.370. The quantitative estimate of drug-likeness (QED) is 0.255. The number of ether oxygens (including phenoxy) is 4. The fourth-order valence-corrected chi connectivity index (χ4v) is 4.43. The minimum absolute atomic E-state index is 0.0951. The summed E-state index contributed by atoms with van der Waals surface area (Å²) in [5.74, 6) is 1.47. The molecule has 2 N–H and O–H groups in total. The zero-order valence-electron chi connectivity index (χ0n) is 21.1. The molecule has 0 spiro atoms. The maximum atomic E-state index is 11.8. The van der Waals surface area contributed by atoms with Gasteiger partial charge in [-0.05, 0) is 47.9 Å². The van der Waals surface area contributed by atoms with Gasteiger partial charge < -0.3 is 29.4 Å². The molecule has 194 valence electrons. The number of carbonyl (C=O) groups is 1. The zero-order valence-corrected chi connectivity index (χ0v) is 22.3. The zero-order chi connectivity index (χ0) is 26.3. The van der Waals surface area contributed by atoms with E-state index in [2.05, 4.69) is 21.1 Å². The fourth-order valence-electron chi connectivity index (χ4n) is 3.95. The van der Waals surface area contributed by atoms with Gasteiger partial charge in [-0.1, -0.05) is 40.1 Å². The average Bonchev–Trinajstić information content (AvgIpc) is 3.29. The van der Waals surface area contributed by atoms with Crippen molar-refractivity contribution in [3.05, 3.63) is 83.7 Å². The Hall–Kier alpha value is -2.90. The van der Waals surface area contributed by atoms with Crippen LogP contribution < -0.4 is 14.8 Å². The summed E-state index contributed by atoms with van der Waals surface area (Å²) in [6.07, 6.45) is 0.543. The van der Waals surface area contributed by atoms with E-state index in [1.165, 1.54) is 4.90 Å². The topological polar surface area (TPSA) is 89.5 Å². The van der Waals surface area contributed by atoms with E-state index >= 15 is 0 Å². The van der Waals surface area contributed by atoms with E-state index < -0.39 is 23.8 Å². The smallest absolute Gasteiger partial charge is 0.215 e. The third-order valence-electron chi connectivity index (χ3n) is 6.29. The predicted molar refractivity (Wildman–Crippen MR) is 142 cm³/mol. The second-order valence-electron chi connectivity index (χ2n) is 8.53. The van der Waals surface area contributed by atoms with E-state index in [1.807, 2.05) is 55.5 Å². The van der Waals surface area contributed by atoms with Crippen molar-refractivity contribution in [2.75, 3.05) is 27.9 Å². The summed E-state index contributed by atoms with van der Waals surface area (Å²) in [6.45, 7) is 5.84. The number of nitrogens with one attached hydrogen (secondary N) is 1. The molecule has 3 rings (SSSR count). The molecule has 36 heavy (non-hydrogen) atoms. The van der Waals surface area contributed by atoms with Crippen LogP contribution in [0.5, 0.6) is 11.5 Å². The number of allylic oxidation sites excluding steroid dienone is 1. The lowest BCUT2D eigenvalue weighted by Gasteiger charge is -2.33. The largest absolute Gasteiger partial charge is 0.497 e. The van der Waals surface area contributed by atoms with Crippen molar-refractivity contribution < 1.29 is 28.8 Å². The molecule has 0 saturated carbocycles. The van der Waals surface area contributed by atoms with Crippen LogP contribution in [-0.4, -0.2) is 62.7 Å². The Kier molecular flexibility index (Phi) is 9.51. The maximum absolute atomic E-state index is 11.8. The molecule has 1 saturated heterocycles. The Labute approximate surface area is 215 Å². The van der Waals surface area contributed by atoms with E-state index in [9.17, 15) is 9.90 Å². The van der Waals surface area contributed by atoms with Gasteiger partial charge in [0, 0.05) is 25.4 Å². The van der Waals surface area contributed by atoms with Crippen molar-refractivity contribution in [2.45, 2.75) is 37.1 Å². The van der Waals surface area contributed by atoms with Crippen molar-refractivity contribution in [3.63, 3.8) is 0 Å². The number of hydrogen-bond donors (Lipinski definition) is 2. The normalized spacial score (nSPS) is 20.1. The van der Waals surface area contributed by atoms with Crippen LogP contribution >= 0.6 is 9.24 Å². The van der Waals surface area contributed by atoms with Crippen molar-refractivity contribution in [2.24, 2.45) is 0 Å². The lowest BCUT2D eigenvalue weighted by molar-refractivity contribution is -0.130. The van der Waals surface area contributed by atoms with Crippen molar-refractivity contribution >= 4 is 15.6 Å². The molecule has 1 fully saturated rings. The maximum Gasteiger partial charge on any atom is 0.215 e. The predicted octanol–water partition coefficient (Wildman–Crippen LogP) is 3.37. The summed E-state index contributed by atoms with van der Waals surface area (Å²) >= 11 is 0. The third kappa shape index (κ3) is 6.26. The first-order chi connectivity index (χ1) is 17.2. The number of likely N-dealkylation sites (N-methyl/N-ethyl adjacent to an activating group) is 1. The molecule has 0 aromatic heterocycles. The van der Waals surface area contributed by atoms with E-state index in [-0.39, 0.29) is 13.0 Å². The summed E-state index contributed by atoms with van der Waals surface area (Å²) in [6, 6.07) is 15.2. The van der Waals surface area contributed by atoms with Gasteiger partial charge in [-0.25, -0.2) is 0 Å². The first-order valence-corrected chi connectivity index (χ1v) is 12.2. The highest BCUT2D eigenvalue weighted by Crippen LogP contribution is 2.42.